The quantitative estimate of drug-likeness (QED) is 0.659. The third kappa shape index (κ3) is 0.495. The van der Waals surface area contributed by atoms with E-state index in [1.54, 1.807) is 0 Å². The van der Waals surface area contributed by atoms with E-state index in [9.17, 15) is 0 Å². The van der Waals surface area contributed by atoms with Crippen molar-refractivity contribution in [3.05, 3.63) is 0 Å². The highest BCUT2D eigenvalue weighted by molar-refractivity contribution is 5.44. The van der Waals surface area contributed by atoms with Crippen LogP contribution in [-0.4, -0.2) is 25.8 Å². The number of hydrogen-bond acceptors (Lipinski definition) is 2. The summed E-state index contributed by atoms with van der Waals surface area (Å²) in [4.78, 5) is 0. The van der Waals surface area contributed by atoms with Crippen LogP contribution >= 0.6 is 0 Å². The molecule has 1 unspecified atom stereocenters. The fourth-order valence-corrected chi connectivity index (χ4v) is 3.93. The largest absolute Gasteiger partial charge is 0.384 e. The van der Waals surface area contributed by atoms with Crippen molar-refractivity contribution in [2.45, 2.75) is 19.4 Å². The molecule has 2 heterocycles. The summed E-state index contributed by atoms with van der Waals surface area (Å²) in [5.41, 5.74) is 1.16. The fourth-order valence-electron chi connectivity index (χ4n) is 3.93. The normalized spacial score (nSPS) is 65.8. The van der Waals surface area contributed by atoms with Gasteiger partial charge in [-0.25, -0.2) is 0 Å². The van der Waals surface area contributed by atoms with Gasteiger partial charge < -0.3 is 10.1 Å². The Morgan fingerprint density at radius 2 is 2.17 bits per heavy atom. The Morgan fingerprint density at radius 1 is 1.50 bits per heavy atom. The molecule has 0 amide bonds. The zero-order chi connectivity index (χ0) is 8.56. The predicted molar refractivity (Wildman–Crippen MR) is 46.9 cm³/mol. The average molecular weight is 167 g/mol. The SMILES string of the molecule is COCC1CN[C@]2(C)[C@H]3[C@@H]1[C@@]32C. The first kappa shape index (κ1) is 7.34. The van der Waals surface area contributed by atoms with Crippen LogP contribution in [0.3, 0.4) is 0 Å². The van der Waals surface area contributed by atoms with E-state index in [-0.39, 0.29) is 0 Å². The van der Waals surface area contributed by atoms with Crippen molar-refractivity contribution >= 4 is 0 Å². The van der Waals surface area contributed by atoms with Crippen LogP contribution in [0.25, 0.3) is 0 Å². The van der Waals surface area contributed by atoms with Gasteiger partial charge in [0, 0.05) is 19.2 Å². The summed E-state index contributed by atoms with van der Waals surface area (Å²) >= 11 is 0. The first-order chi connectivity index (χ1) is 5.66. The number of fused-ring (bicyclic) bond motifs is 2. The molecule has 4 rings (SSSR count). The van der Waals surface area contributed by atoms with Gasteiger partial charge in [-0.2, -0.15) is 0 Å². The minimum atomic E-state index is 0.516. The fraction of sp³-hybridized carbons (Fsp3) is 1.00. The van der Waals surface area contributed by atoms with E-state index < -0.39 is 0 Å². The molecular formula is C10H17NO. The van der Waals surface area contributed by atoms with E-state index in [2.05, 4.69) is 19.2 Å². The maximum Gasteiger partial charge on any atom is 0.0505 e. The Labute approximate surface area is 73.7 Å². The summed E-state index contributed by atoms with van der Waals surface area (Å²) in [5.74, 6) is 2.73. The molecule has 0 aromatic heterocycles. The average Bonchev–Trinajstić information content (AvgIpc) is 2.81. The number of methoxy groups -OCH3 is 1. The number of ether oxygens (including phenoxy) is 1. The number of rotatable bonds is 2. The van der Waals surface area contributed by atoms with Gasteiger partial charge in [-0.3, -0.25) is 0 Å². The molecule has 0 radical (unpaired) electrons. The summed E-state index contributed by atoms with van der Waals surface area (Å²) in [7, 11) is 1.81. The van der Waals surface area contributed by atoms with Crippen molar-refractivity contribution in [1.29, 1.82) is 0 Å². The van der Waals surface area contributed by atoms with Crippen LogP contribution in [0.15, 0.2) is 0 Å². The molecule has 2 saturated carbocycles. The highest BCUT2D eigenvalue weighted by Gasteiger charge is 2.93. The van der Waals surface area contributed by atoms with Gasteiger partial charge >= 0.3 is 0 Å². The number of nitrogens with one attached hydrogen (secondary N) is 1. The van der Waals surface area contributed by atoms with Crippen LogP contribution in [0.2, 0.25) is 0 Å². The number of piperidine rings is 2. The van der Waals surface area contributed by atoms with E-state index >= 15 is 0 Å². The third-order valence-corrected chi connectivity index (χ3v) is 4.87. The molecule has 1 N–H and O–H groups in total. The second-order valence-electron chi connectivity index (χ2n) is 5.08. The lowest BCUT2D eigenvalue weighted by Gasteiger charge is -2.39. The van der Waals surface area contributed by atoms with Crippen molar-refractivity contribution in [3.8, 4) is 0 Å². The minimum Gasteiger partial charge on any atom is -0.384 e. The van der Waals surface area contributed by atoms with E-state index in [1.165, 1.54) is 6.54 Å². The molecule has 12 heavy (non-hydrogen) atoms. The third-order valence-electron chi connectivity index (χ3n) is 4.87. The molecule has 2 saturated heterocycles. The minimum absolute atomic E-state index is 0.516. The molecule has 2 aliphatic carbocycles. The van der Waals surface area contributed by atoms with Crippen LogP contribution in [0, 0.1) is 23.2 Å². The Morgan fingerprint density at radius 3 is 2.67 bits per heavy atom. The lowest BCUT2D eigenvalue weighted by Crippen LogP contribution is -2.53. The van der Waals surface area contributed by atoms with Gasteiger partial charge in [-0.05, 0) is 30.1 Å². The molecule has 2 heteroatoms. The summed E-state index contributed by atoms with van der Waals surface area (Å²) in [6, 6.07) is 0. The van der Waals surface area contributed by atoms with Gasteiger partial charge in [0.1, 0.15) is 0 Å². The second-order valence-corrected chi connectivity index (χ2v) is 5.08. The van der Waals surface area contributed by atoms with Crippen molar-refractivity contribution in [1.82, 2.24) is 5.32 Å². The first-order valence-corrected chi connectivity index (χ1v) is 4.90. The topological polar surface area (TPSA) is 21.3 Å². The zero-order valence-corrected chi connectivity index (χ0v) is 8.05. The van der Waals surface area contributed by atoms with E-state index in [4.69, 9.17) is 4.74 Å². The standard InChI is InChI=1S/C10H17NO/c1-9-7-6(5-12-3)4-11-10(9,2)8(7)9/h6-8,11H,4-5H2,1-3H3/t6?,7-,8+,9+,10-/m1/s1. The van der Waals surface area contributed by atoms with Crippen LogP contribution in [0.5, 0.6) is 0 Å². The van der Waals surface area contributed by atoms with Gasteiger partial charge in [0.15, 0.2) is 0 Å². The maximum atomic E-state index is 5.23. The molecule has 2 nitrogen and oxygen atoms in total. The molecule has 4 aliphatic rings. The van der Waals surface area contributed by atoms with Crippen LogP contribution < -0.4 is 5.32 Å². The summed E-state index contributed by atoms with van der Waals surface area (Å²) in [6.45, 7) is 6.91. The van der Waals surface area contributed by atoms with Crippen LogP contribution in [0.4, 0.5) is 0 Å². The van der Waals surface area contributed by atoms with Crippen LogP contribution in [-0.2, 0) is 4.74 Å². The molecule has 5 atom stereocenters. The van der Waals surface area contributed by atoms with Gasteiger partial charge in [-0.1, -0.05) is 6.92 Å². The Kier molecular flexibility index (Phi) is 1.06. The molecule has 2 bridgehead atoms. The smallest absolute Gasteiger partial charge is 0.0505 e. The maximum absolute atomic E-state index is 5.23. The molecule has 68 valence electrons. The molecule has 4 fully saturated rings. The molecule has 0 aromatic rings. The Bertz CT molecular complexity index is 242. The summed E-state index contributed by atoms with van der Waals surface area (Å²) in [6.07, 6.45) is 0. The van der Waals surface area contributed by atoms with Crippen molar-refractivity contribution in [2.75, 3.05) is 20.3 Å². The highest BCUT2D eigenvalue weighted by Crippen LogP contribution is 2.89. The van der Waals surface area contributed by atoms with Crippen LogP contribution in [0.1, 0.15) is 13.8 Å². The lowest BCUT2D eigenvalue weighted by atomic mass is 9.79. The van der Waals surface area contributed by atoms with Crippen molar-refractivity contribution < 1.29 is 4.74 Å². The van der Waals surface area contributed by atoms with Gasteiger partial charge in [0.05, 0.1) is 6.61 Å². The zero-order valence-electron chi connectivity index (χ0n) is 8.05. The molecule has 2 aliphatic heterocycles. The summed E-state index contributed by atoms with van der Waals surface area (Å²) in [5, 5.41) is 3.66. The van der Waals surface area contributed by atoms with Crippen molar-refractivity contribution in [2.24, 2.45) is 23.2 Å². The van der Waals surface area contributed by atoms with E-state index in [0.29, 0.717) is 11.0 Å². The highest BCUT2D eigenvalue weighted by atomic mass is 16.5. The lowest BCUT2D eigenvalue weighted by molar-refractivity contribution is 0.0720. The predicted octanol–water partition coefficient (Wildman–Crippen LogP) is 0.877. The van der Waals surface area contributed by atoms with Gasteiger partial charge in [0.25, 0.3) is 0 Å². The number of hydrogen-bond donors (Lipinski definition) is 1. The van der Waals surface area contributed by atoms with E-state index in [0.717, 1.165) is 24.4 Å². The molecular weight excluding hydrogens is 150 g/mol. The molecule has 0 spiro atoms. The monoisotopic (exact) mass is 167 g/mol. The van der Waals surface area contributed by atoms with E-state index in [1.807, 2.05) is 7.11 Å². The molecule has 0 aromatic carbocycles. The Hall–Kier alpha value is -0.0800. The Balaban J connectivity index is 1.75. The van der Waals surface area contributed by atoms with Gasteiger partial charge in [-0.15, -0.1) is 0 Å². The second kappa shape index (κ2) is 1.73. The van der Waals surface area contributed by atoms with Gasteiger partial charge in [0.2, 0.25) is 0 Å². The van der Waals surface area contributed by atoms with Crippen molar-refractivity contribution in [3.63, 3.8) is 0 Å². The summed E-state index contributed by atoms with van der Waals surface area (Å²) < 4.78 is 5.23. The first-order valence-electron chi connectivity index (χ1n) is 4.90.